The van der Waals surface area contributed by atoms with Crippen LogP contribution in [0.15, 0.2) is 47.8 Å². The summed E-state index contributed by atoms with van der Waals surface area (Å²) >= 11 is 1.25. The molecule has 0 unspecified atom stereocenters. The Kier molecular flexibility index (Phi) is 7.73. The van der Waals surface area contributed by atoms with E-state index < -0.39 is 10.9 Å². The number of nitrogens with zero attached hydrogens (tertiary/aromatic N) is 3. The van der Waals surface area contributed by atoms with E-state index in [2.05, 4.69) is 11.9 Å². The topological polar surface area (TPSA) is 112 Å². The van der Waals surface area contributed by atoms with Crippen molar-refractivity contribution in [2.45, 2.75) is 33.8 Å². The van der Waals surface area contributed by atoms with E-state index in [1.807, 2.05) is 24.3 Å². The van der Waals surface area contributed by atoms with E-state index in [0.717, 1.165) is 18.1 Å². The van der Waals surface area contributed by atoms with Gasteiger partial charge in [-0.1, -0.05) is 19.1 Å². The molecule has 3 rings (SSSR count). The van der Waals surface area contributed by atoms with E-state index in [9.17, 15) is 19.7 Å². The molecular formula is C23H23N3O6S. The first-order valence-electron chi connectivity index (χ1n) is 10.3. The highest BCUT2D eigenvalue weighted by Crippen LogP contribution is 2.30. The molecule has 1 amide bonds. The Morgan fingerprint density at radius 1 is 1.15 bits per heavy atom. The predicted molar refractivity (Wildman–Crippen MR) is 124 cm³/mol. The van der Waals surface area contributed by atoms with E-state index in [0.29, 0.717) is 16.5 Å². The summed E-state index contributed by atoms with van der Waals surface area (Å²) in [4.78, 5) is 41.2. The second-order valence-electron chi connectivity index (χ2n) is 6.94. The molecule has 2 aromatic carbocycles. The van der Waals surface area contributed by atoms with Gasteiger partial charge < -0.3 is 9.47 Å². The minimum Gasteiger partial charge on any atom is -0.487 e. The van der Waals surface area contributed by atoms with Crippen molar-refractivity contribution in [3.63, 3.8) is 0 Å². The summed E-state index contributed by atoms with van der Waals surface area (Å²) in [5.74, 6) is -0.840. The van der Waals surface area contributed by atoms with Crippen LogP contribution in [0.3, 0.4) is 0 Å². The molecule has 9 nitrogen and oxygen atoms in total. The van der Waals surface area contributed by atoms with Gasteiger partial charge in [-0.3, -0.25) is 19.8 Å². The summed E-state index contributed by atoms with van der Waals surface area (Å²) < 4.78 is 10.5. The number of esters is 1. The molecule has 0 saturated heterocycles. The van der Waals surface area contributed by atoms with Gasteiger partial charge in [0.1, 0.15) is 6.61 Å². The molecule has 0 fully saturated rings. The van der Waals surface area contributed by atoms with Gasteiger partial charge in [-0.05, 0) is 43.2 Å². The predicted octanol–water partition coefficient (Wildman–Crippen LogP) is 5.05. The number of benzene rings is 2. The van der Waals surface area contributed by atoms with Gasteiger partial charge in [0.15, 0.2) is 10.9 Å². The average Bonchev–Trinajstić information content (AvgIpc) is 3.26. The molecule has 0 bridgehead atoms. The van der Waals surface area contributed by atoms with Crippen molar-refractivity contribution in [3.05, 3.63) is 74.8 Å². The van der Waals surface area contributed by atoms with Crippen LogP contribution in [0.2, 0.25) is 0 Å². The van der Waals surface area contributed by atoms with Crippen LogP contribution < -0.4 is 9.64 Å². The third-order valence-electron chi connectivity index (χ3n) is 4.69. The molecular weight excluding hydrogens is 446 g/mol. The normalized spacial score (nSPS) is 10.5. The van der Waals surface area contributed by atoms with Gasteiger partial charge >= 0.3 is 11.7 Å². The van der Waals surface area contributed by atoms with Crippen LogP contribution in [0, 0.1) is 10.1 Å². The fourth-order valence-electron chi connectivity index (χ4n) is 3.06. The number of aryl methyl sites for hydroxylation is 1. The zero-order valence-corrected chi connectivity index (χ0v) is 19.3. The zero-order chi connectivity index (χ0) is 24.0. The first kappa shape index (κ1) is 23.9. The van der Waals surface area contributed by atoms with Crippen molar-refractivity contribution in [3.8, 4) is 5.75 Å². The molecule has 1 heterocycles. The first-order chi connectivity index (χ1) is 15.8. The monoisotopic (exact) mass is 469 g/mol. The summed E-state index contributed by atoms with van der Waals surface area (Å²) in [7, 11) is 0. The van der Waals surface area contributed by atoms with Gasteiger partial charge in [-0.2, -0.15) is 0 Å². The summed E-state index contributed by atoms with van der Waals surface area (Å²) in [5.41, 5.74) is 2.03. The maximum absolute atomic E-state index is 12.4. The molecule has 10 heteroatoms. The maximum atomic E-state index is 12.4. The Morgan fingerprint density at radius 3 is 2.48 bits per heavy atom. The minimum absolute atomic E-state index is 0.0296. The van der Waals surface area contributed by atoms with Crippen molar-refractivity contribution in [2.24, 2.45) is 0 Å². The highest BCUT2D eigenvalue weighted by molar-refractivity contribution is 7.14. The molecule has 0 aliphatic heterocycles. The van der Waals surface area contributed by atoms with Crippen molar-refractivity contribution < 1.29 is 24.0 Å². The number of nitro benzene ring substituents is 1. The fourth-order valence-corrected chi connectivity index (χ4v) is 3.93. The summed E-state index contributed by atoms with van der Waals surface area (Å²) in [6, 6.07) is 11.5. The molecule has 0 aliphatic carbocycles. The van der Waals surface area contributed by atoms with Crippen LogP contribution in [0.4, 0.5) is 16.5 Å². The number of hydrogen-bond donors (Lipinski definition) is 0. The maximum Gasteiger partial charge on any atom is 0.338 e. The third kappa shape index (κ3) is 5.72. The summed E-state index contributed by atoms with van der Waals surface area (Å²) in [5, 5.41) is 13.4. The number of thiazole rings is 1. The van der Waals surface area contributed by atoms with Crippen LogP contribution in [0.25, 0.3) is 0 Å². The van der Waals surface area contributed by atoms with Gasteiger partial charge in [0, 0.05) is 18.4 Å². The lowest BCUT2D eigenvalue weighted by Gasteiger charge is -2.18. The lowest BCUT2D eigenvalue weighted by atomic mass is 10.1. The van der Waals surface area contributed by atoms with Crippen molar-refractivity contribution in [2.75, 3.05) is 11.5 Å². The Labute approximate surface area is 194 Å². The number of carbonyl (C=O) groups is 2. The number of rotatable bonds is 9. The highest BCUT2D eigenvalue weighted by atomic mass is 32.1. The number of amides is 1. The van der Waals surface area contributed by atoms with Crippen LogP contribution in [-0.2, 0) is 22.6 Å². The van der Waals surface area contributed by atoms with E-state index in [1.54, 1.807) is 12.3 Å². The quantitative estimate of drug-likeness (QED) is 0.245. The molecule has 0 spiro atoms. The Morgan fingerprint density at radius 2 is 1.88 bits per heavy atom. The molecule has 0 atom stereocenters. The van der Waals surface area contributed by atoms with E-state index >= 15 is 0 Å². The number of carbonyl (C=O) groups excluding carboxylic acids is 2. The fraction of sp³-hybridized carbons (Fsp3) is 0.261. The second kappa shape index (κ2) is 10.7. The molecule has 172 valence electrons. The number of anilines is 2. The molecule has 0 aliphatic rings. The van der Waals surface area contributed by atoms with Crippen molar-refractivity contribution in [1.29, 1.82) is 0 Å². The summed E-state index contributed by atoms with van der Waals surface area (Å²) in [6.07, 6.45) is 0.893. The SMILES string of the molecule is CCOc1ccc(C(=O)OCc2csc(N(C(C)=O)c3ccc(CC)cc3)n2)cc1[N+](=O)[O-]. The van der Waals surface area contributed by atoms with Crippen LogP contribution in [-0.4, -0.2) is 28.4 Å². The molecule has 0 radical (unpaired) electrons. The Hall–Kier alpha value is -3.79. The van der Waals surface area contributed by atoms with Crippen molar-refractivity contribution in [1.82, 2.24) is 4.98 Å². The van der Waals surface area contributed by atoms with E-state index in [4.69, 9.17) is 9.47 Å². The van der Waals surface area contributed by atoms with Gasteiger partial charge in [0.25, 0.3) is 0 Å². The van der Waals surface area contributed by atoms with Crippen LogP contribution in [0.5, 0.6) is 5.75 Å². The second-order valence-corrected chi connectivity index (χ2v) is 7.78. The smallest absolute Gasteiger partial charge is 0.338 e. The minimum atomic E-state index is -0.728. The highest BCUT2D eigenvalue weighted by Gasteiger charge is 2.21. The van der Waals surface area contributed by atoms with Gasteiger partial charge in [0.2, 0.25) is 5.91 Å². The first-order valence-corrected chi connectivity index (χ1v) is 11.1. The standard InChI is InChI=1S/C23H23N3O6S/c1-4-16-6-9-19(10-7-16)25(15(3)27)23-24-18(14-33-23)13-32-22(28)17-8-11-21(31-5-2)20(12-17)26(29)30/h6-12,14H,4-5,13H2,1-3H3. The molecule has 0 N–H and O–H groups in total. The molecule has 0 saturated carbocycles. The van der Waals surface area contributed by atoms with E-state index in [-0.39, 0.29) is 36.1 Å². The van der Waals surface area contributed by atoms with Gasteiger partial charge in [-0.15, -0.1) is 11.3 Å². The summed E-state index contributed by atoms with van der Waals surface area (Å²) in [6.45, 7) is 5.33. The van der Waals surface area contributed by atoms with Crippen LogP contribution >= 0.6 is 11.3 Å². The molecule has 3 aromatic rings. The lowest BCUT2D eigenvalue weighted by molar-refractivity contribution is -0.385. The molecule has 1 aromatic heterocycles. The van der Waals surface area contributed by atoms with Gasteiger partial charge in [0.05, 0.1) is 28.5 Å². The number of hydrogen-bond acceptors (Lipinski definition) is 8. The van der Waals surface area contributed by atoms with E-state index in [1.165, 1.54) is 35.3 Å². The lowest BCUT2D eigenvalue weighted by Crippen LogP contribution is -2.22. The number of aromatic nitrogens is 1. The van der Waals surface area contributed by atoms with Gasteiger partial charge in [-0.25, -0.2) is 9.78 Å². The van der Waals surface area contributed by atoms with Crippen LogP contribution in [0.1, 0.15) is 42.4 Å². The largest absolute Gasteiger partial charge is 0.487 e. The number of nitro groups is 1. The Balaban J connectivity index is 1.72. The molecule has 33 heavy (non-hydrogen) atoms. The number of ether oxygens (including phenoxy) is 2. The third-order valence-corrected chi connectivity index (χ3v) is 5.57. The average molecular weight is 470 g/mol. The Bertz CT molecular complexity index is 1160. The van der Waals surface area contributed by atoms with Crippen molar-refractivity contribution >= 4 is 39.7 Å². The zero-order valence-electron chi connectivity index (χ0n) is 18.4.